The Balaban J connectivity index is 1.80. The molecular formula is C14H21NS3. The Hall–Kier alpha value is 0.230. The molecule has 1 saturated heterocycles. The second kappa shape index (κ2) is 7.73. The molecule has 2 unspecified atom stereocenters. The van der Waals surface area contributed by atoms with Crippen molar-refractivity contribution in [2.75, 3.05) is 30.1 Å². The Morgan fingerprint density at radius 3 is 2.72 bits per heavy atom. The van der Waals surface area contributed by atoms with Gasteiger partial charge in [0.15, 0.2) is 0 Å². The molecule has 1 fully saturated rings. The second-order valence-electron chi connectivity index (χ2n) is 4.47. The lowest BCUT2D eigenvalue weighted by atomic mass is 10.1. The van der Waals surface area contributed by atoms with Crippen LogP contribution in [0.4, 0.5) is 0 Å². The topological polar surface area (TPSA) is 12.0 Å². The molecule has 0 aromatic heterocycles. The van der Waals surface area contributed by atoms with E-state index in [9.17, 15) is 0 Å². The Labute approximate surface area is 123 Å². The van der Waals surface area contributed by atoms with Crippen molar-refractivity contribution in [1.82, 2.24) is 5.32 Å². The molecule has 1 heterocycles. The summed E-state index contributed by atoms with van der Waals surface area (Å²) in [4.78, 5) is 1.34. The first-order valence-electron chi connectivity index (χ1n) is 6.36. The summed E-state index contributed by atoms with van der Waals surface area (Å²) in [7, 11) is 0. The lowest BCUT2D eigenvalue weighted by molar-refractivity contribution is 0.577. The van der Waals surface area contributed by atoms with Gasteiger partial charge in [-0.25, -0.2) is 0 Å². The summed E-state index contributed by atoms with van der Waals surface area (Å²) in [6, 6.07) is 9.36. The van der Waals surface area contributed by atoms with Crippen molar-refractivity contribution < 1.29 is 0 Å². The van der Waals surface area contributed by atoms with Gasteiger partial charge in [-0.3, -0.25) is 0 Å². The van der Waals surface area contributed by atoms with Crippen LogP contribution in [0, 0.1) is 0 Å². The molecule has 1 aromatic rings. The van der Waals surface area contributed by atoms with E-state index in [0.717, 1.165) is 11.8 Å². The third-order valence-electron chi connectivity index (χ3n) is 3.15. The van der Waals surface area contributed by atoms with Gasteiger partial charge in [0.1, 0.15) is 0 Å². The van der Waals surface area contributed by atoms with Crippen LogP contribution in [0.15, 0.2) is 29.2 Å². The van der Waals surface area contributed by atoms with Gasteiger partial charge in [-0.1, -0.05) is 12.1 Å². The number of nitrogens with one attached hydrogen (secondary N) is 1. The summed E-state index contributed by atoms with van der Waals surface area (Å²) in [6.07, 6.45) is 2.12. The lowest BCUT2D eigenvalue weighted by Gasteiger charge is -2.23. The van der Waals surface area contributed by atoms with E-state index in [1.54, 1.807) is 11.8 Å². The maximum absolute atomic E-state index is 3.67. The molecule has 2 atom stereocenters. The summed E-state index contributed by atoms with van der Waals surface area (Å²) >= 11 is 6.01. The van der Waals surface area contributed by atoms with Crippen LogP contribution in [-0.2, 0) is 0 Å². The molecule has 0 aliphatic carbocycles. The van der Waals surface area contributed by atoms with Gasteiger partial charge in [-0.15, -0.1) is 11.8 Å². The monoisotopic (exact) mass is 299 g/mol. The van der Waals surface area contributed by atoms with Crippen molar-refractivity contribution >= 4 is 35.3 Å². The molecular weight excluding hydrogens is 278 g/mol. The third kappa shape index (κ3) is 4.41. The molecule has 4 heteroatoms. The van der Waals surface area contributed by atoms with Gasteiger partial charge in [0.2, 0.25) is 0 Å². The van der Waals surface area contributed by atoms with Crippen LogP contribution in [0.2, 0.25) is 0 Å². The number of hydrogen-bond acceptors (Lipinski definition) is 4. The minimum atomic E-state index is 0.452. The maximum Gasteiger partial charge on any atom is 0.0292 e. The van der Waals surface area contributed by atoms with Gasteiger partial charge < -0.3 is 5.32 Å². The van der Waals surface area contributed by atoms with Gasteiger partial charge in [-0.2, -0.15) is 23.5 Å². The Kier molecular flexibility index (Phi) is 6.29. The highest BCUT2D eigenvalue weighted by molar-refractivity contribution is 8.06. The lowest BCUT2D eigenvalue weighted by Crippen LogP contribution is -2.30. The van der Waals surface area contributed by atoms with E-state index in [1.165, 1.54) is 27.7 Å². The van der Waals surface area contributed by atoms with Crippen molar-refractivity contribution in [3.8, 4) is 0 Å². The standard InChI is InChI=1S/C14H21NS3/c1-11(12-3-5-13(16-2)6-4-12)15-9-14-10-17-7-8-18-14/h3-6,11,14-15H,7-10H2,1-2H3. The third-order valence-corrected chi connectivity index (χ3v) is 6.74. The van der Waals surface area contributed by atoms with Gasteiger partial charge in [0.25, 0.3) is 0 Å². The minimum absolute atomic E-state index is 0.452. The quantitative estimate of drug-likeness (QED) is 0.827. The molecule has 0 spiro atoms. The van der Waals surface area contributed by atoms with Gasteiger partial charge in [0.05, 0.1) is 0 Å². The maximum atomic E-state index is 3.67. The molecule has 0 amide bonds. The average Bonchev–Trinajstić information content (AvgIpc) is 2.46. The highest BCUT2D eigenvalue weighted by Crippen LogP contribution is 2.24. The number of rotatable bonds is 5. The van der Waals surface area contributed by atoms with Crippen LogP contribution in [-0.4, -0.2) is 35.3 Å². The summed E-state index contributed by atoms with van der Waals surface area (Å²) in [5.41, 5.74) is 1.39. The van der Waals surface area contributed by atoms with E-state index in [0.29, 0.717) is 6.04 Å². The van der Waals surface area contributed by atoms with E-state index in [1.807, 2.05) is 0 Å². The van der Waals surface area contributed by atoms with Crippen LogP contribution in [0.25, 0.3) is 0 Å². The summed E-state index contributed by atoms with van der Waals surface area (Å²) in [6.45, 7) is 3.39. The van der Waals surface area contributed by atoms with Gasteiger partial charge >= 0.3 is 0 Å². The SMILES string of the molecule is CSc1ccc(C(C)NCC2CSCCS2)cc1. The normalized spacial score (nSPS) is 21.8. The molecule has 100 valence electrons. The van der Waals surface area contributed by atoms with E-state index in [-0.39, 0.29) is 0 Å². The highest BCUT2D eigenvalue weighted by Gasteiger charge is 2.15. The Morgan fingerprint density at radius 1 is 1.33 bits per heavy atom. The van der Waals surface area contributed by atoms with Crippen LogP contribution in [0.1, 0.15) is 18.5 Å². The predicted octanol–water partition coefficient (Wildman–Crippen LogP) is 3.91. The van der Waals surface area contributed by atoms with E-state index in [4.69, 9.17) is 0 Å². The molecule has 1 aliphatic heterocycles. The van der Waals surface area contributed by atoms with Crippen molar-refractivity contribution in [2.24, 2.45) is 0 Å². The first kappa shape index (κ1) is 14.6. The van der Waals surface area contributed by atoms with Crippen LogP contribution in [0.3, 0.4) is 0 Å². The zero-order valence-corrected chi connectivity index (χ0v) is 13.5. The highest BCUT2D eigenvalue weighted by atomic mass is 32.2. The van der Waals surface area contributed by atoms with Crippen LogP contribution in [0.5, 0.6) is 0 Å². The fourth-order valence-electron chi connectivity index (χ4n) is 1.97. The van der Waals surface area contributed by atoms with Crippen molar-refractivity contribution in [2.45, 2.75) is 23.1 Å². The molecule has 1 N–H and O–H groups in total. The molecule has 0 bridgehead atoms. The molecule has 1 nitrogen and oxygen atoms in total. The molecule has 18 heavy (non-hydrogen) atoms. The van der Waals surface area contributed by atoms with Crippen molar-refractivity contribution in [3.05, 3.63) is 29.8 Å². The average molecular weight is 300 g/mol. The fraction of sp³-hybridized carbons (Fsp3) is 0.571. The van der Waals surface area contributed by atoms with Crippen molar-refractivity contribution in [1.29, 1.82) is 0 Å². The smallest absolute Gasteiger partial charge is 0.0292 e. The molecule has 1 aromatic carbocycles. The molecule has 0 saturated carbocycles. The summed E-state index contributed by atoms with van der Waals surface area (Å²) < 4.78 is 0. The Bertz CT molecular complexity index is 347. The predicted molar refractivity (Wildman–Crippen MR) is 88.2 cm³/mol. The van der Waals surface area contributed by atoms with E-state index < -0.39 is 0 Å². The number of thioether (sulfide) groups is 3. The van der Waals surface area contributed by atoms with E-state index in [2.05, 4.69) is 66.3 Å². The number of hydrogen-bond donors (Lipinski definition) is 1. The summed E-state index contributed by atoms with van der Waals surface area (Å²) in [5, 5.41) is 4.45. The molecule has 2 rings (SSSR count). The second-order valence-corrected chi connectivity index (χ2v) is 7.91. The van der Waals surface area contributed by atoms with Gasteiger partial charge in [-0.05, 0) is 30.9 Å². The molecule has 0 radical (unpaired) electrons. The van der Waals surface area contributed by atoms with E-state index >= 15 is 0 Å². The Morgan fingerprint density at radius 2 is 2.11 bits per heavy atom. The minimum Gasteiger partial charge on any atom is -0.309 e. The zero-order chi connectivity index (χ0) is 12.8. The summed E-state index contributed by atoms with van der Waals surface area (Å²) in [5.74, 6) is 3.94. The first-order chi connectivity index (χ1) is 8.79. The zero-order valence-electron chi connectivity index (χ0n) is 11.0. The fourth-order valence-corrected chi connectivity index (χ4v) is 5.01. The van der Waals surface area contributed by atoms with Crippen LogP contribution < -0.4 is 5.32 Å². The van der Waals surface area contributed by atoms with Gasteiger partial charge in [0, 0.05) is 40.0 Å². The van der Waals surface area contributed by atoms with Crippen molar-refractivity contribution in [3.63, 3.8) is 0 Å². The largest absolute Gasteiger partial charge is 0.309 e. The van der Waals surface area contributed by atoms with Crippen LogP contribution >= 0.6 is 35.3 Å². The molecule has 1 aliphatic rings. The number of benzene rings is 1. The first-order valence-corrected chi connectivity index (χ1v) is 9.79.